The number of benzene rings is 3. The molecule has 0 saturated carbocycles. The summed E-state index contributed by atoms with van der Waals surface area (Å²) in [6.07, 6.45) is 0.751. The standard InChI is InChI=1S/C30H33N3O6/c1-16-22(37-4)10-7-19(28(16)34)13-25-31-26(14-20-8-11-23(38-5)17(2)29(20)35)33-27(32-25)15-21-9-12-24(39-6)18(3)30(21)36/h7-12,34-36H,13-15H2,1-6H3. The van der Waals surface area contributed by atoms with Gasteiger partial charge in [0.15, 0.2) is 0 Å². The Labute approximate surface area is 227 Å². The molecule has 0 bridgehead atoms. The van der Waals surface area contributed by atoms with Gasteiger partial charge in [0.2, 0.25) is 0 Å². The first kappa shape index (κ1) is 27.5. The minimum absolute atomic E-state index is 0.115. The fourth-order valence-electron chi connectivity index (χ4n) is 4.57. The van der Waals surface area contributed by atoms with Crippen molar-refractivity contribution in [3.05, 3.63) is 87.3 Å². The predicted octanol–water partition coefficient (Wildman–Crippen LogP) is 4.71. The van der Waals surface area contributed by atoms with Crippen LogP contribution in [0.3, 0.4) is 0 Å². The van der Waals surface area contributed by atoms with E-state index in [1.54, 1.807) is 78.5 Å². The first-order valence-corrected chi connectivity index (χ1v) is 12.5. The van der Waals surface area contributed by atoms with Crippen molar-refractivity contribution in [3.8, 4) is 34.5 Å². The third kappa shape index (κ3) is 5.67. The zero-order chi connectivity index (χ0) is 28.3. The summed E-state index contributed by atoms with van der Waals surface area (Å²) in [5.41, 5.74) is 3.80. The van der Waals surface area contributed by atoms with Gasteiger partial charge in [0.1, 0.15) is 52.0 Å². The van der Waals surface area contributed by atoms with Crippen molar-refractivity contribution < 1.29 is 29.5 Å². The summed E-state index contributed by atoms with van der Waals surface area (Å²) in [6, 6.07) is 10.7. The van der Waals surface area contributed by atoms with E-state index in [2.05, 4.69) is 15.0 Å². The van der Waals surface area contributed by atoms with E-state index in [0.29, 0.717) is 68.1 Å². The molecule has 3 N–H and O–H groups in total. The molecule has 39 heavy (non-hydrogen) atoms. The third-order valence-electron chi connectivity index (χ3n) is 6.87. The van der Waals surface area contributed by atoms with E-state index in [1.807, 2.05) is 0 Å². The predicted molar refractivity (Wildman–Crippen MR) is 146 cm³/mol. The molecule has 1 aromatic heterocycles. The van der Waals surface area contributed by atoms with Crippen molar-refractivity contribution >= 4 is 0 Å². The largest absolute Gasteiger partial charge is 0.507 e. The smallest absolute Gasteiger partial charge is 0.137 e. The highest BCUT2D eigenvalue weighted by Gasteiger charge is 2.18. The molecule has 9 heteroatoms. The second-order valence-corrected chi connectivity index (χ2v) is 9.32. The summed E-state index contributed by atoms with van der Waals surface area (Å²) >= 11 is 0. The number of ether oxygens (including phenoxy) is 3. The van der Waals surface area contributed by atoms with E-state index in [0.717, 1.165) is 0 Å². The number of phenolic OH excluding ortho intramolecular Hbond substituents is 3. The second kappa shape index (κ2) is 11.5. The summed E-state index contributed by atoms with van der Waals surface area (Å²) in [5, 5.41) is 32.3. The van der Waals surface area contributed by atoms with Gasteiger partial charge in [0.25, 0.3) is 0 Å². The maximum Gasteiger partial charge on any atom is 0.137 e. The van der Waals surface area contributed by atoms with Gasteiger partial charge >= 0.3 is 0 Å². The van der Waals surface area contributed by atoms with Crippen molar-refractivity contribution in [2.24, 2.45) is 0 Å². The number of hydrogen-bond acceptors (Lipinski definition) is 9. The monoisotopic (exact) mass is 531 g/mol. The van der Waals surface area contributed by atoms with Crippen molar-refractivity contribution in [2.75, 3.05) is 21.3 Å². The van der Waals surface area contributed by atoms with E-state index < -0.39 is 0 Å². The average Bonchev–Trinajstić information content (AvgIpc) is 2.92. The summed E-state index contributed by atoms with van der Waals surface area (Å²) in [6.45, 7) is 5.35. The number of aromatic nitrogens is 3. The summed E-state index contributed by atoms with van der Waals surface area (Å²) < 4.78 is 15.9. The molecule has 0 aliphatic heterocycles. The molecular weight excluding hydrogens is 498 g/mol. The fourth-order valence-corrected chi connectivity index (χ4v) is 4.57. The third-order valence-corrected chi connectivity index (χ3v) is 6.87. The van der Waals surface area contributed by atoms with Crippen LogP contribution < -0.4 is 14.2 Å². The van der Waals surface area contributed by atoms with Crippen LogP contribution in [0.5, 0.6) is 34.5 Å². The molecule has 204 valence electrons. The van der Waals surface area contributed by atoms with E-state index in [4.69, 9.17) is 14.2 Å². The lowest BCUT2D eigenvalue weighted by Crippen LogP contribution is -2.10. The van der Waals surface area contributed by atoms with Crippen molar-refractivity contribution in [2.45, 2.75) is 40.0 Å². The van der Waals surface area contributed by atoms with Gasteiger partial charge in [-0.25, -0.2) is 15.0 Å². The normalized spacial score (nSPS) is 10.9. The molecule has 4 aromatic rings. The van der Waals surface area contributed by atoms with E-state index in [-0.39, 0.29) is 36.5 Å². The minimum Gasteiger partial charge on any atom is -0.507 e. The SMILES string of the molecule is COc1ccc(Cc2nc(Cc3ccc(OC)c(C)c3O)nc(Cc3ccc(OC)c(C)c3O)n2)c(O)c1C. The molecular formula is C30H33N3O6. The second-order valence-electron chi connectivity index (χ2n) is 9.32. The highest BCUT2D eigenvalue weighted by Crippen LogP contribution is 2.34. The van der Waals surface area contributed by atoms with Crippen molar-refractivity contribution in [1.82, 2.24) is 15.0 Å². The molecule has 0 aliphatic carbocycles. The molecule has 1 heterocycles. The maximum absolute atomic E-state index is 10.8. The summed E-state index contributed by atoms with van der Waals surface area (Å²) in [4.78, 5) is 14.0. The molecule has 0 fully saturated rings. The van der Waals surface area contributed by atoms with Crippen LogP contribution in [0, 0.1) is 20.8 Å². The number of aromatic hydroxyl groups is 3. The first-order chi connectivity index (χ1) is 18.7. The molecule has 0 amide bonds. The van der Waals surface area contributed by atoms with Gasteiger partial charge in [-0.2, -0.15) is 0 Å². The minimum atomic E-state index is 0.115. The average molecular weight is 532 g/mol. The summed E-state index contributed by atoms with van der Waals surface area (Å²) in [7, 11) is 4.66. The van der Waals surface area contributed by atoms with Crippen LogP contribution in [0.4, 0.5) is 0 Å². The first-order valence-electron chi connectivity index (χ1n) is 12.5. The number of phenols is 3. The van der Waals surface area contributed by atoms with Crippen molar-refractivity contribution in [1.29, 1.82) is 0 Å². The quantitative estimate of drug-likeness (QED) is 0.281. The Kier molecular flexibility index (Phi) is 8.09. The number of methoxy groups -OCH3 is 3. The van der Waals surface area contributed by atoms with Crippen molar-refractivity contribution in [3.63, 3.8) is 0 Å². The van der Waals surface area contributed by atoms with E-state index >= 15 is 0 Å². The molecule has 0 unspecified atom stereocenters. The number of rotatable bonds is 9. The molecule has 0 aliphatic rings. The molecule has 0 spiro atoms. The van der Waals surface area contributed by atoms with Crippen LogP contribution >= 0.6 is 0 Å². The number of nitrogens with zero attached hydrogens (tertiary/aromatic N) is 3. The maximum atomic E-state index is 10.8. The van der Waals surface area contributed by atoms with Crippen LogP contribution in [0.15, 0.2) is 36.4 Å². The lowest BCUT2D eigenvalue weighted by atomic mass is 10.0. The zero-order valence-corrected chi connectivity index (χ0v) is 23.0. The van der Waals surface area contributed by atoms with Gasteiger partial charge in [0.05, 0.1) is 21.3 Å². The lowest BCUT2D eigenvalue weighted by molar-refractivity contribution is 0.401. The molecule has 0 saturated heterocycles. The Balaban J connectivity index is 1.75. The van der Waals surface area contributed by atoms with Gasteiger partial charge < -0.3 is 29.5 Å². The highest BCUT2D eigenvalue weighted by molar-refractivity contribution is 5.51. The lowest BCUT2D eigenvalue weighted by Gasteiger charge is -2.14. The summed E-state index contributed by atoms with van der Waals surface area (Å²) in [5.74, 6) is 3.45. The van der Waals surface area contributed by atoms with Gasteiger partial charge in [-0.1, -0.05) is 18.2 Å². The van der Waals surface area contributed by atoms with Crippen LogP contribution in [0.2, 0.25) is 0 Å². The van der Waals surface area contributed by atoms with Crippen LogP contribution in [0.1, 0.15) is 50.9 Å². The van der Waals surface area contributed by atoms with Crippen LogP contribution in [-0.4, -0.2) is 51.6 Å². The zero-order valence-electron chi connectivity index (χ0n) is 23.0. The molecule has 9 nitrogen and oxygen atoms in total. The molecule has 0 radical (unpaired) electrons. The Morgan fingerprint density at radius 2 is 0.744 bits per heavy atom. The molecule has 0 atom stereocenters. The van der Waals surface area contributed by atoms with E-state index in [1.165, 1.54) is 0 Å². The topological polar surface area (TPSA) is 127 Å². The molecule has 3 aromatic carbocycles. The Morgan fingerprint density at radius 3 is 0.974 bits per heavy atom. The van der Waals surface area contributed by atoms with E-state index in [9.17, 15) is 15.3 Å². The van der Waals surface area contributed by atoms with Crippen LogP contribution in [-0.2, 0) is 19.3 Å². The van der Waals surface area contributed by atoms with Crippen LogP contribution in [0.25, 0.3) is 0 Å². The van der Waals surface area contributed by atoms with Gasteiger partial charge in [-0.15, -0.1) is 0 Å². The van der Waals surface area contributed by atoms with Gasteiger partial charge in [-0.3, -0.25) is 0 Å². The van der Waals surface area contributed by atoms with Gasteiger partial charge in [0, 0.05) is 52.6 Å². The molecule has 4 rings (SSSR count). The van der Waals surface area contributed by atoms with Gasteiger partial charge in [-0.05, 0) is 39.0 Å². The number of hydrogen-bond donors (Lipinski definition) is 3. The Morgan fingerprint density at radius 1 is 0.487 bits per heavy atom. The highest BCUT2D eigenvalue weighted by atomic mass is 16.5. The fraction of sp³-hybridized carbons (Fsp3) is 0.300. The Bertz CT molecular complexity index is 1330. The Hall–Kier alpha value is -4.53.